The molecule has 1 aromatic heterocycles. The molecular weight excluding hydrogens is 485 g/mol. The summed E-state index contributed by atoms with van der Waals surface area (Å²) in [5.41, 5.74) is 0.898. The van der Waals surface area contributed by atoms with Crippen LogP contribution in [0.3, 0.4) is 0 Å². The van der Waals surface area contributed by atoms with E-state index in [2.05, 4.69) is 10.3 Å². The largest absolute Gasteiger partial charge is 0.339 e. The number of piperidine rings is 1. The highest BCUT2D eigenvalue weighted by atomic mass is 35.5. The van der Waals surface area contributed by atoms with Gasteiger partial charge >= 0.3 is 0 Å². The van der Waals surface area contributed by atoms with Crippen molar-refractivity contribution >= 4 is 63.1 Å². The van der Waals surface area contributed by atoms with Gasteiger partial charge in [-0.15, -0.1) is 11.3 Å². The third kappa shape index (κ3) is 5.26. The molecule has 2 aliphatic heterocycles. The molecule has 3 heterocycles. The Morgan fingerprint density at radius 1 is 1.06 bits per heavy atom. The molecule has 2 aromatic rings. The van der Waals surface area contributed by atoms with Gasteiger partial charge in [0.15, 0.2) is 5.13 Å². The van der Waals surface area contributed by atoms with Crippen LogP contribution in [-0.2, 0) is 9.59 Å². The van der Waals surface area contributed by atoms with Crippen molar-refractivity contribution in [2.45, 2.75) is 32.2 Å². The number of hydrogen-bond donors (Lipinski definition) is 1. The van der Waals surface area contributed by atoms with Crippen molar-refractivity contribution in [3.05, 3.63) is 39.3 Å². The predicted molar refractivity (Wildman–Crippen MR) is 129 cm³/mol. The van der Waals surface area contributed by atoms with Crippen molar-refractivity contribution in [3.8, 4) is 0 Å². The van der Waals surface area contributed by atoms with Crippen molar-refractivity contribution < 1.29 is 14.4 Å². The highest BCUT2D eigenvalue weighted by molar-refractivity contribution is 7.14. The van der Waals surface area contributed by atoms with E-state index in [4.69, 9.17) is 23.2 Å². The zero-order valence-corrected chi connectivity index (χ0v) is 20.5. The lowest BCUT2D eigenvalue weighted by Gasteiger charge is -2.40. The number of benzene rings is 1. The van der Waals surface area contributed by atoms with Gasteiger partial charge < -0.3 is 20.0 Å². The van der Waals surface area contributed by atoms with Crippen LogP contribution < -0.4 is 5.32 Å². The number of likely N-dealkylation sites (tertiary alicyclic amines) is 1. The van der Waals surface area contributed by atoms with Crippen molar-refractivity contribution in [1.82, 2.24) is 19.7 Å². The molecule has 2 saturated heterocycles. The number of nitrogens with one attached hydrogen (secondary N) is 1. The lowest BCUT2D eigenvalue weighted by Crippen LogP contribution is -2.57. The fraction of sp³-hybridized carbons (Fsp3) is 0.455. The van der Waals surface area contributed by atoms with E-state index in [1.807, 2.05) is 0 Å². The Balaban J connectivity index is 1.45. The summed E-state index contributed by atoms with van der Waals surface area (Å²) < 4.78 is 0. The number of thiazole rings is 1. The van der Waals surface area contributed by atoms with Crippen LogP contribution in [0.4, 0.5) is 10.8 Å². The van der Waals surface area contributed by atoms with Crippen molar-refractivity contribution in [1.29, 1.82) is 0 Å². The van der Waals surface area contributed by atoms with Gasteiger partial charge in [0, 0.05) is 45.0 Å². The van der Waals surface area contributed by atoms with Crippen LogP contribution in [-0.4, -0.2) is 76.2 Å². The molecule has 8 nitrogen and oxygen atoms in total. The predicted octanol–water partition coefficient (Wildman–Crippen LogP) is 3.88. The monoisotopic (exact) mass is 509 g/mol. The van der Waals surface area contributed by atoms with Crippen LogP contribution >= 0.6 is 34.5 Å². The van der Waals surface area contributed by atoms with E-state index in [9.17, 15) is 14.4 Å². The van der Waals surface area contributed by atoms with Crippen LogP contribution in [0.5, 0.6) is 0 Å². The second-order valence-electron chi connectivity index (χ2n) is 8.11. The Morgan fingerprint density at radius 3 is 2.52 bits per heavy atom. The fourth-order valence-electron chi connectivity index (χ4n) is 4.18. The molecule has 0 radical (unpaired) electrons. The van der Waals surface area contributed by atoms with Gasteiger partial charge in [0.05, 0.1) is 15.7 Å². The summed E-state index contributed by atoms with van der Waals surface area (Å²) in [7, 11) is 0. The second-order valence-corrected chi connectivity index (χ2v) is 9.75. The first-order chi connectivity index (χ1) is 15.8. The number of nitrogens with zero attached hydrogens (tertiary/aromatic N) is 4. The van der Waals surface area contributed by atoms with Gasteiger partial charge in [-0.3, -0.25) is 14.4 Å². The van der Waals surface area contributed by atoms with E-state index in [1.54, 1.807) is 38.3 Å². The molecule has 176 valence electrons. The summed E-state index contributed by atoms with van der Waals surface area (Å²) in [4.78, 5) is 47.7. The van der Waals surface area contributed by atoms with E-state index in [0.29, 0.717) is 65.7 Å². The number of anilines is 2. The van der Waals surface area contributed by atoms with Gasteiger partial charge in [0.1, 0.15) is 11.7 Å². The number of halogens is 2. The SMILES string of the molecule is CC(=O)N1CCN(C(=O)[C@@H]2CCCCN2C(=O)c2csc(Nc3cccc(Cl)c3Cl)n2)CC1. The number of piperazine rings is 1. The highest BCUT2D eigenvalue weighted by Gasteiger charge is 2.37. The maximum absolute atomic E-state index is 13.3. The number of rotatable bonds is 4. The van der Waals surface area contributed by atoms with E-state index >= 15 is 0 Å². The Labute approximate surface area is 206 Å². The highest BCUT2D eigenvalue weighted by Crippen LogP contribution is 2.33. The maximum Gasteiger partial charge on any atom is 0.274 e. The lowest BCUT2D eigenvalue weighted by atomic mass is 10.00. The first-order valence-electron chi connectivity index (χ1n) is 10.9. The Morgan fingerprint density at radius 2 is 1.79 bits per heavy atom. The molecule has 1 aromatic carbocycles. The van der Waals surface area contributed by atoms with Gasteiger partial charge in [0.25, 0.3) is 5.91 Å². The lowest BCUT2D eigenvalue weighted by molar-refractivity contribution is -0.142. The summed E-state index contributed by atoms with van der Waals surface area (Å²) in [5.74, 6) is -0.286. The minimum atomic E-state index is -0.504. The topological polar surface area (TPSA) is 85.9 Å². The quantitative estimate of drug-likeness (QED) is 0.675. The number of amides is 3. The summed E-state index contributed by atoms with van der Waals surface area (Å²) in [6.45, 7) is 4.08. The molecular formula is C22H25Cl2N5O3S. The summed E-state index contributed by atoms with van der Waals surface area (Å²) in [6.07, 6.45) is 2.37. The van der Waals surface area contributed by atoms with Crippen molar-refractivity contribution in [2.75, 3.05) is 38.0 Å². The van der Waals surface area contributed by atoms with E-state index in [1.165, 1.54) is 18.3 Å². The van der Waals surface area contributed by atoms with Gasteiger partial charge in [-0.1, -0.05) is 29.3 Å². The second kappa shape index (κ2) is 10.3. The molecule has 2 aliphatic rings. The van der Waals surface area contributed by atoms with Crippen LogP contribution in [0.1, 0.15) is 36.7 Å². The number of carbonyl (C=O) groups excluding carboxylic acids is 3. The van der Waals surface area contributed by atoms with Gasteiger partial charge in [0.2, 0.25) is 11.8 Å². The smallest absolute Gasteiger partial charge is 0.274 e. The first kappa shape index (κ1) is 23.8. The Kier molecular flexibility index (Phi) is 7.41. The van der Waals surface area contributed by atoms with Gasteiger partial charge in [-0.2, -0.15) is 0 Å². The molecule has 4 rings (SSSR count). The molecule has 0 aliphatic carbocycles. The van der Waals surface area contributed by atoms with Crippen molar-refractivity contribution in [3.63, 3.8) is 0 Å². The van der Waals surface area contributed by atoms with Crippen LogP contribution in [0, 0.1) is 0 Å². The summed E-state index contributed by atoms with van der Waals surface area (Å²) in [6, 6.07) is 4.74. The zero-order valence-electron chi connectivity index (χ0n) is 18.2. The fourth-order valence-corrected chi connectivity index (χ4v) is 5.22. The number of aromatic nitrogens is 1. The molecule has 0 unspecified atom stereocenters. The first-order valence-corrected chi connectivity index (χ1v) is 12.5. The van der Waals surface area contributed by atoms with Gasteiger partial charge in [-0.25, -0.2) is 4.98 Å². The molecule has 11 heteroatoms. The minimum Gasteiger partial charge on any atom is -0.339 e. The minimum absolute atomic E-state index is 0.0172. The molecule has 0 bridgehead atoms. The summed E-state index contributed by atoms with van der Waals surface area (Å²) >= 11 is 13.6. The third-order valence-corrected chi connectivity index (χ3v) is 7.58. The third-order valence-electron chi connectivity index (χ3n) is 6.00. The molecule has 0 saturated carbocycles. The summed E-state index contributed by atoms with van der Waals surface area (Å²) in [5, 5.41) is 6.11. The maximum atomic E-state index is 13.3. The molecule has 3 amide bonds. The van der Waals surface area contributed by atoms with E-state index < -0.39 is 6.04 Å². The molecule has 0 spiro atoms. The van der Waals surface area contributed by atoms with Crippen LogP contribution in [0.25, 0.3) is 0 Å². The average molecular weight is 510 g/mol. The van der Waals surface area contributed by atoms with Crippen LogP contribution in [0.15, 0.2) is 23.6 Å². The molecule has 33 heavy (non-hydrogen) atoms. The van der Waals surface area contributed by atoms with Crippen LogP contribution in [0.2, 0.25) is 10.0 Å². The normalized spacial score (nSPS) is 18.9. The number of hydrogen-bond acceptors (Lipinski definition) is 6. The number of carbonyl (C=O) groups is 3. The molecule has 1 N–H and O–H groups in total. The Bertz CT molecular complexity index is 1050. The average Bonchev–Trinajstić information content (AvgIpc) is 3.29. The van der Waals surface area contributed by atoms with Crippen molar-refractivity contribution in [2.24, 2.45) is 0 Å². The van der Waals surface area contributed by atoms with E-state index in [-0.39, 0.29) is 17.7 Å². The zero-order chi connectivity index (χ0) is 23.5. The Hall–Kier alpha value is -2.36. The molecule has 1 atom stereocenters. The molecule has 2 fully saturated rings. The van der Waals surface area contributed by atoms with E-state index in [0.717, 1.165) is 12.8 Å². The standard InChI is InChI=1S/C22H25Cl2N5O3S/c1-14(30)27-9-11-28(12-10-27)21(32)18-7-2-3-8-29(18)20(31)17-13-33-22(26-17)25-16-6-4-5-15(23)19(16)24/h4-6,13,18H,2-3,7-12H2,1H3,(H,25,26)/t18-/m0/s1. The van der Waals surface area contributed by atoms with Gasteiger partial charge in [-0.05, 0) is 31.4 Å².